The van der Waals surface area contributed by atoms with E-state index in [1.54, 1.807) is 0 Å². The molecule has 0 unspecified atom stereocenters. The molecule has 168 valence electrons. The molecular weight excluding hydrogens is 414 g/mol. The summed E-state index contributed by atoms with van der Waals surface area (Å²) in [5, 5.41) is 4.36. The predicted molar refractivity (Wildman–Crippen MR) is 129 cm³/mol. The van der Waals surface area contributed by atoms with Crippen LogP contribution in [0.25, 0.3) is 11.3 Å². The molecule has 3 aromatic rings. The van der Waals surface area contributed by atoms with E-state index in [4.69, 9.17) is 14.0 Å². The van der Waals surface area contributed by atoms with E-state index in [1.807, 2.05) is 36.4 Å². The van der Waals surface area contributed by atoms with Crippen LogP contribution in [0, 0.1) is 6.92 Å². The second-order valence-corrected chi connectivity index (χ2v) is 8.19. The topological polar surface area (TPSA) is 51.0 Å². The SMILES string of the molecule is Cc1cccc(-c2cc(N(CCCN3C=CC=CC=C3)Cc3ccc4c(c3)OCO4)on2)c1. The summed E-state index contributed by atoms with van der Waals surface area (Å²) in [7, 11) is 0. The highest BCUT2D eigenvalue weighted by Crippen LogP contribution is 2.33. The third-order valence-electron chi connectivity index (χ3n) is 5.67. The fraction of sp³-hybridized carbons (Fsp3) is 0.222. The van der Waals surface area contributed by atoms with E-state index in [9.17, 15) is 0 Å². The average molecular weight is 442 g/mol. The zero-order valence-electron chi connectivity index (χ0n) is 18.7. The molecule has 5 rings (SSSR count). The molecule has 0 radical (unpaired) electrons. The first-order chi connectivity index (χ1) is 16.2. The minimum absolute atomic E-state index is 0.274. The Hall–Kier alpha value is -3.93. The number of ether oxygens (including phenoxy) is 2. The van der Waals surface area contributed by atoms with Crippen LogP contribution >= 0.6 is 0 Å². The van der Waals surface area contributed by atoms with Gasteiger partial charge in [0.2, 0.25) is 12.7 Å². The molecule has 2 aliphatic rings. The first kappa shape index (κ1) is 20.9. The first-order valence-corrected chi connectivity index (χ1v) is 11.2. The van der Waals surface area contributed by atoms with Crippen molar-refractivity contribution in [1.82, 2.24) is 10.1 Å². The first-order valence-electron chi connectivity index (χ1n) is 11.2. The number of hydrogen-bond donors (Lipinski definition) is 0. The lowest BCUT2D eigenvalue weighted by atomic mass is 10.1. The van der Waals surface area contributed by atoms with Crippen molar-refractivity contribution in [3.05, 3.63) is 96.4 Å². The van der Waals surface area contributed by atoms with Gasteiger partial charge in [0.25, 0.3) is 0 Å². The van der Waals surface area contributed by atoms with E-state index in [-0.39, 0.29) is 6.79 Å². The summed E-state index contributed by atoms with van der Waals surface area (Å²) in [5.41, 5.74) is 4.23. The minimum atomic E-state index is 0.274. The molecule has 0 aliphatic carbocycles. The smallest absolute Gasteiger partial charge is 0.231 e. The summed E-state index contributed by atoms with van der Waals surface area (Å²) in [6.07, 6.45) is 13.3. The van der Waals surface area contributed by atoms with E-state index < -0.39 is 0 Å². The molecular formula is C27H27N3O3. The number of rotatable bonds is 8. The van der Waals surface area contributed by atoms with Crippen LogP contribution in [-0.2, 0) is 6.54 Å². The van der Waals surface area contributed by atoms with E-state index in [2.05, 4.69) is 70.7 Å². The minimum Gasteiger partial charge on any atom is -0.454 e. The molecule has 0 fully saturated rings. The number of fused-ring (bicyclic) bond motifs is 1. The molecule has 2 aromatic carbocycles. The van der Waals surface area contributed by atoms with Crippen LogP contribution in [0.4, 0.5) is 5.88 Å². The van der Waals surface area contributed by atoms with Gasteiger partial charge in [-0.15, -0.1) is 0 Å². The molecule has 0 bridgehead atoms. The van der Waals surface area contributed by atoms with Gasteiger partial charge in [0.15, 0.2) is 11.5 Å². The Morgan fingerprint density at radius 1 is 0.939 bits per heavy atom. The van der Waals surface area contributed by atoms with Crippen molar-refractivity contribution in [2.45, 2.75) is 19.9 Å². The van der Waals surface area contributed by atoms with Gasteiger partial charge in [-0.2, -0.15) is 0 Å². The summed E-state index contributed by atoms with van der Waals surface area (Å²) in [4.78, 5) is 4.42. The van der Waals surface area contributed by atoms with Gasteiger partial charge in [0.1, 0.15) is 5.69 Å². The Balaban J connectivity index is 1.34. The molecule has 0 amide bonds. The summed E-state index contributed by atoms with van der Waals surface area (Å²) >= 11 is 0. The van der Waals surface area contributed by atoms with Crippen LogP contribution < -0.4 is 14.4 Å². The Labute approximate surface area is 194 Å². The maximum absolute atomic E-state index is 5.82. The van der Waals surface area contributed by atoms with Gasteiger partial charge >= 0.3 is 0 Å². The normalized spacial score (nSPS) is 14.0. The summed E-state index contributed by atoms with van der Waals surface area (Å²) < 4.78 is 16.8. The van der Waals surface area contributed by atoms with E-state index >= 15 is 0 Å². The van der Waals surface area contributed by atoms with Crippen LogP contribution in [0.15, 0.2) is 89.8 Å². The lowest BCUT2D eigenvalue weighted by Gasteiger charge is -2.23. The van der Waals surface area contributed by atoms with Crippen molar-refractivity contribution in [1.29, 1.82) is 0 Å². The second kappa shape index (κ2) is 9.69. The van der Waals surface area contributed by atoms with Gasteiger partial charge < -0.3 is 23.8 Å². The molecule has 0 saturated carbocycles. The Bertz CT molecular complexity index is 1180. The molecule has 2 aliphatic heterocycles. The number of hydrogen-bond acceptors (Lipinski definition) is 6. The Morgan fingerprint density at radius 2 is 1.79 bits per heavy atom. The van der Waals surface area contributed by atoms with Gasteiger partial charge in [-0.05, 0) is 49.3 Å². The van der Waals surface area contributed by atoms with Crippen molar-refractivity contribution in [2.24, 2.45) is 0 Å². The molecule has 1 aromatic heterocycles. The molecule has 33 heavy (non-hydrogen) atoms. The van der Waals surface area contributed by atoms with E-state index in [0.717, 1.165) is 53.7 Å². The highest BCUT2D eigenvalue weighted by Gasteiger charge is 2.18. The summed E-state index contributed by atoms with van der Waals surface area (Å²) in [6.45, 7) is 4.77. The zero-order chi connectivity index (χ0) is 22.5. The number of aryl methyl sites for hydroxylation is 1. The van der Waals surface area contributed by atoms with E-state index in [1.165, 1.54) is 5.56 Å². The number of allylic oxidation sites excluding steroid dienone is 4. The molecule has 0 atom stereocenters. The third kappa shape index (κ3) is 5.12. The van der Waals surface area contributed by atoms with Gasteiger partial charge in [-0.25, -0.2) is 0 Å². The molecule has 6 heteroatoms. The number of anilines is 1. The fourth-order valence-corrected chi connectivity index (χ4v) is 3.97. The molecule has 6 nitrogen and oxygen atoms in total. The van der Waals surface area contributed by atoms with Crippen molar-refractivity contribution < 1.29 is 14.0 Å². The van der Waals surface area contributed by atoms with Crippen LogP contribution in [0.3, 0.4) is 0 Å². The number of nitrogens with zero attached hydrogens (tertiary/aromatic N) is 3. The highest BCUT2D eigenvalue weighted by molar-refractivity contribution is 5.63. The van der Waals surface area contributed by atoms with Crippen molar-refractivity contribution in [3.63, 3.8) is 0 Å². The third-order valence-corrected chi connectivity index (χ3v) is 5.67. The maximum Gasteiger partial charge on any atom is 0.231 e. The number of benzene rings is 2. The van der Waals surface area contributed by atoms with E-state index in [0.29, 0.717) is 6.54 Å². The lowest BCUT2D eigenvalue weighted by Crippen LogP contribution is -2.26. The quantitative estimate of drug-likeness (QED) is 0.449. The molecule has 0 N–H and O–H groups in total. The summed E-state index contributed by atoms with van der Waals surface area (Å²) in [5.74, 6) is 2.34. The number of aromatic nitrogens is 1. The average Bonchev–Trinajstić information content (AvgIpc) is 3.43. The standard InChI is InChI=1S/C27H27N3O3/c1-21-8-6-9-23(16-21)24-18-27(33-28-24)30(15-7-14-29-12-4-2-3-5-13-29)19-22-10-11-25-26(17-22)32-20-31-25/h2-6,8-13,16-18H,7,14-15,19-20H2,1H3. The largest absolute Gasteiger partial charge is 0.454 e. The second-order valence-electron chi connectivity index (χ2n) is 8.19. The van der Waals surface area contributed by atoms with Crippen molar-refractivity contribution in [3.8, 4) is 22.8 Å². The van der Waals surface area contributed by atoms with Gasteiger partial charge in [0.05, 0.1) is 0 Å². The Morgan fingerprint density at radius 3 is 2.64 bits per heavy atom. The van der Waals surface area contributed by atoms with Crippen LogP contribution in [0.1, 0.15) is 17.5 Å². The van der Waals surface area contributed by atoms with Crippen molar-refractivity contribution in [2.75, 3.05) is 24.8 Å². The zero-order valence-corrected chi connectivity index (χ0v) is 18.7. The van der Waals surface area contributed by atoms with Crippen LogP contribution in [0.2, 0.25) is 0 Å². The van der Waals surface area contributed by atoms with Crippen molar-refractivity contribution >= 4 is 5.88 Å². The summed E-state index contributed by atoms with van der Waals surface area (Å²) in [6, 6.07) is 16.4. The molecule has 0 spiro atoms. The fourth-order valence-electron chi connectivity index (χ4n) is 3.97. The lowest BCUT2D eigenvalue weighted by molar-refractivity contribution is 0.174. The maximum atomic E-state index is 5.82. The monoisotopic (exact) mass is 441 g/mol. The van der Waals surface area contributed by atoms with Gasteiger partial charge in [-0.3, -0.25) is 0 Å². The van der Waals surface area contributed by atoms with Crippen LogP contribution in [0.5, 0.6) is 11.5 Å². The highest BCUT2D eigenvalue weighted by atomic mass is 16.7. The molecule has 3 heterocycles. The molecule has 0 saturated heterocycles. The predicted octanol–water partition coefficient (Wildman–Crippen LogP) is 5.67. The van der Waals surface area contributed by atoms with Crippen LogP contribution in [-0.4, -0.2) is 29.9 Å². The van der Waals surface area contributed by atoms with Gasteiger partial charge in [0, 0.05) is 43.7 Å². The van der Waals surface area contributed by atoms with Gasteiger partial charge in [-0.1, -0.05) is 47.1 Å². The Kier molecular flexibility index (Phi) is 6.15.